The van der Waals surface area contributed by atoms with E-state index >= 15 is 0 Å². The lowest BCUT2D eigenvalue weighted by atomic mass is 10.1. The molecule has 4 nitrogen and oxygen atoms in total. The summed E-state index contributed by atoms with van der Waals surface area (Å²) in [5.41, 5.74) is 2.45. The number of carbonyl (C=O) groups is 1. The zero-order valence-electron chi connectivity index (χ0n) is 15.4. The maximum absolute atomic E-state index is 12.5. The summed E-state index contributed by atoms with van der Waals surface area (Å²) < 4.78 is 6.22. The van der Waals surface area contributed by atoms with Crippen molar-refractivity contribution in [2.75, 3.05) is 18.9 Å². The standard InChI is InChI=1S/C23H24N2O2/c1-24-16-15-22(18-9-4-2-5-10-18)27-21-14-8-11-19(17-21)23(26)25-20-12-6-3-7-13-20/h2-14,17,22,24H,15-16H2,1H3,(H,25,26). The van der Waals surface area contributed by atoms with E-state index in [9.17, 15) is 4.79 Å². The molecule has 0 aliphatic carbocycles. The van der Waals surface area contributed by atoms with Crippen LogP contribution in [0.15, 0.2) is 84.9 Å². The van der Waals surface area contributed by atoms with Gasteiger partial charge < -0.3 is 15.4 Å². The number of hydrogen-bond donors (Lipinski definition) is 2. The Morgan fingerprint density at radius 2 is 1.63 bits per heavy atom. The molecule has 3 aromatic rings. The number of benzene rings is 3. The van der Waals surface area contributed by atoms with Gasteiger partial charge in [0.1, 0.15) is 11.9 Å². The van der Waals surface area contributed by atoms with E-state index in [1.54, 1.807) is 12.1 Å². The molecule has 1 unspecified atom stereocenters. The van der Waals surface area contributed by atoms with E-state index in [4.69, 9.17) is 4.74 Å². The van der Waals surface area contributed by atoms with Gasteiger partial charge in [-0.2, -0.15) is 0 Å². The number of para-hydroxylation sites is 1. The van der Waals surface area contributed by atoms with Crippen LogP contribution in [0.2, 0.25) is 0 Å². The number of nitrogens with one attached hydrogen (secondary N) is 2. The van der Waals surface area contributed by atoms with Crippen LogP contribution in [0, 0.1) is 0 Å². The summed E-state index contributed by atoms with van der Waals surface area (Å²) in [6, 6.07) is 26.9. The molecule has 0 fully saturated rings. The van der Waals surface area contributed by atoms with Crippen molar-refractivity contribution in [3.8, 4) is 5.75 Å². The Bertz CT molecular complexity index is 851. The first kappa shape index (κ1) is 18.7. The fourth-order valence-electron chi connectivity index (χ4n) is 2.84. The predicted molar refractivity (Wildman–Crippen MR) is 109 cm³/mol. The van der Waals surface area contributed by atoms with Crippen LogP contribution in [-0.2, 0) is 0 Å². The normalized spacial score (nSPS) is 11.6. The first-order valence-electron chi connectivity index (χ1n) is 9.09. The summed E-state index contributed by atoms with van der Waals surface area (Å²) in [6.45, 7) is 0.841. The Kier molecular flexibility index (Phi) is 6.61. The highest BCUT2D eigenvalue weighted by Gasteiger charge is 2.14. The summed E-state index contributed by atoms with van der Waals surface area (Å²) in [5.74, 6) is 0.527. The molecule has 0 spiro atoms. The van der Waals surface area contributed by atoms with Crippen LogP contribution in [0.5, 0.6) is 5.75 Å². The van der Waals surface area contributed by atoms with Crippen LogP contribution >= 0.6 is 0 Å². The molecule has 0 heterocycles. The number of carbonyl (C=O) groups excluding carboxylic acids is 1. The van der Waals surface area contributed by atoms with E-state index in [2.05, 4.69) is 22.8 Å². The second-order valence-electron chi connectivity index (χ2n) is 6.26. The van der Waals surface area contributed by atoms with Crippen molar-refractivity contribution in [2.24, 2.45) is 0 Å². The summed E-state index contributed by atoms with van der Waals surface area (Å²) in [7, 11) is 1.93. The molecule has 1 atom stereocenters. The minimum atomic E-state index is -0.155. The molecule has 138 valence electrons. The van der Waals surface area contributed by atoms with Gasteiger partial charge in [0, 0.05) is 17.7 Å². The summed E-state index contributed by atoms with van der Waals surface area (Å²) in [5, 5.41) is 6.07. The highest BCUT2D eigenvalue weighted by molar-refractivity contribution is 6.04. The van der Waals surface area contributed by atoms with Gasteiger partial charge in [-0.3, -0.25) is 4.79 Å². The van der Waals surface area contributed by atoms with Crippen LogP contribution < -0.4 is 15.4 Å². The molecule has 4 heteroatoms. The smallest absolute Gasteiger partial charge is 0.255 e. The Morgan fingerprint density at radius 1 is 0.926 bits per heavy atom. The van der Waals surface area contributed by atoms with Gasteiger partial charge in [0.05, 0.1) is 0 Å². The zero-order chi connectivity index (χ0) is 18.9. The minimum Gasteiger partial charge on any atom is -0.486 e. The van der Waals surface area contributed by atoms with Crippen molar-refractivity contribution in [2.45, 2.75) is 12.5 Å². The average molecular weight is 360 g/mol. The van der Waals surface area contributed by atoms with Crippen LogP contribution in [0.4, 0.5) is 5.69 Å². The van der Waals surface area contributed by atoms with Gasteiger partial charge in [-0.25, -0.2) is 0 Å². The molecule has 0 aliphatic heterocycles. The van der Waals surface area contributed by atoms with Crippen LogP contribution in [-0.4, -0.2) is 19.5 Å². The van der Waals surface area contributed by atoms with Crippen LogP contribution in [0.25, 0.3) is 0 Å². The predicted octanol–water partition coefficient (Wildman–Crippen LogP) is 4.67. The fourth-order valence-corrected chi connectivity index (χ4v) is 2.84. The van der Waals surface area contributed by atoms with Gasteiger partial charge in [0.25, 0.3) is 5.91 Å². The van der Waals surface area contributed by atoms with Crippen molar-refractivity contribution in [1.82, 2.24) is 5.32 Å². The molecule has 3 rings (SSSR count). The average Bonchev–Trinajstić information content (AvgIpc) is 2.72. The largest absolute Gasteiger partial charge is 0.486 e. The topological polar surface area (TPSA) is 50.4 Å². The lowest BCUT2D eigenvalue weighted by Crippen LogP contribution is -2.16. The maximum Gasteiger partial charge on any atom is 0.255 e. The van der Waals surface area contributed by atoms with Crippen molar-refractivity contribution >= 4 is 11.6 Å². The van der Waals surface area contributed by atoms with Crippen molar-refractivity contribution in [1.29, 1.82) is 0 Å². The lowest BCUT2D eigenvalue weighted by Gasteiger charge is -2.20. The van der Waals surface area contributed by atoms with E-state index in [0.717, 1.165) is 24.2 Å². The van der Waals surface area contributed by atoms with Gasteiger partial charge in [0.2, 0.25) is 0 Å². The first-order valence-corrected chi connectivity index (χ1v) is 9.09. The van der Waals surface area contributed by atoms with Gasteiger partial charge in [-0.1, -0.05) is 54.6 Å². The number of amides is 1. The highest BCUT2D eigenvalue weighted by Crippen LogP contribution is 2.25. The summed E-state index contributed by atoms with van der Waals surface area (Å²) in [4.78, 5) is 12.5. The van der Waals surface area contributed by atoms with Crippen LogP contribution in [0.3, 0.4) is 0 Å². The Labute approximate surface area is 160 Å². The molecule has 3 aromatic carbocycles. The quantitative estimate of drug-likeness (QED) is 0.614. The van der Waals surface area contributed by atoms with Gasteiger partial charge in [-0.05, 0) is 49.5 Å². The number of rotatable bonds is 8. The van der Waals surface area contributed by atoms with Gasteiger partial charge in [-0.15, -0.1) is 0 Å². The Morgan fingerprint density at radius 3 is 2.33 bits per heavy atom. The molecule has 0 radical (unpaired) electrons. The molecule has 0 saturated carbocycles. The summed E-state index contributed by atoms with van der Waals surface area (Å²) in [6.07, 6.45) is 0.757. The molecular weight excluding hydrogens is 336 g/mol. The SMILES string of the molecule is CNCCC(Oc1cccc(C(=O)Nc2ccccc2)c1)c1ccccc1. The molecule has 0 saturated heterocycles. The molecule has 0 aromatic heterocycles. The monoisotopic (exact) mass is 360 g/mol. The van der Waals surface area contributed by atoms with Gasteiger partial charge in [0.15, 0.2) is 0 Å². The molecule has 0 aliphatic rings. The summed E-state index contributed by atoms with van der Waals surface area (Å²) >= 11 is 0. The second-order valence-corrected chi connectivity index (χ2v) is 6.26. The van der Waals surface area contributed by atoms with E-state index in [0.29, 0.717) is 11.3 Å². The van der Waals surface area contributed by atoms with Crippen molar-refractivity contribution in [3.63, 3.8) is 0 Å². The third-order valence-electron chi connectivity index (χ3n) is 4.23. The Hall–Kier alpha value is -3.11. The zero-order valence-corrected chi connectivity index (χ0v) is 15.4. The van der Waals surface area contributed by atoms with Crippen molar-refractivity contribution in [3.05, 3.63) is 96.1 Å². The molecule has 2 N–H and O–H groups in total. The third-order valence-corrected chi connectivity index (χ3v) is 4.23. The van der Waals surface area contributed by atoms with E-state index in [1.807, 2.05) is 67.7 Å². The third kappa shape index (κ3) is 5.43. The number of hydrogen-bond acceptors (Lipinski definition) is 3. The van der Waals surface area contributed by atoms with E-state index in [-0.39, 0.29) is 12.0 Å². The molecule has 27 heavy (non-hydrogen) atoms. The van der Waals surface area contributed by atoms with Crippen molar-refractivity contribution < 1.29 is 9.53 Å². The molecule has 0 bridgehead atoms. The highest BCUT2D eigenvalue weighted by atomic mass is 16.5. The first-order chi connectivity index (χ1) is 13.3. The molecular formula is C23H24N2O2. The Balaban J connectivity index is 1.74. The lowest BCUT2D eigenvalue weighted by molar-refractivity contribution is 0.102. The maximum atomic E-state index is 12.5. The number of ether oxygens (including phenoxy) is 1. The van der Waals surface area contributed by atoms with Gasteiger partial charge >= 0.3 is 0 Å². The fraction of sp³-hybridized carbons (Fsp3) is 0.174. The van der Waals surface area contributed by atoms with E-state index in [1.165, 1.54) is 0 Å². The van der Waals surface area contributed by atoms with E-state index < -0.39 is 0 Å². The van der Waals surface area contributed by atoms with Crippen LogP contribution in [0.1, 0.15) is 28.4 Å². The number of anilines is 1. The minimum absolute atomic E-state index is 0.0777. The molecule has 1 amide bonds. The second kappa shape index (κ2) is 9.55.